The van der Waals surface area contributed by atoms with Gasteiger partial charge in [0, 0.05) is 5.75 Å². The number of hydrogen-bond donors (Lipinski definition) is 1. The molecule has 1 aliphatic rings. The molecule has 0 amide bonds. The maximum Gasteiger partial charge on any atom is 0.327 e. The Bertz CT molecular complexity index is 269. The number of ether oxygens (including phenoxy) is 1. The summed E-state index contributed by atoms with van der Waals surface area (Å²) in [7, 11) is 1.51. The minimum Gasteiger partial charge on any atom is -0.468 e. The van der Waals surface area contributed by atoms with Gasteiger partial charge in [0.25, 0.3) is 0 Å². The van der Waals surface area contributed by atoms with Crippen LogP contribution in [0.3, 0.4) is 0 Å². The van der Waals surface area contributed by atoms with E-state index in [4.69, 9.17) is 4.74 Å². The van der Waals surface area contributed by atoms with E-state index < -0.39 is 5.54 Å². The SMILES string of the molecule is CCCCCSCC(NCCC)(C(=O)OC)C1CC1. The first-order valence-electron chi connectivity index (χ1n) is 7.62. The molecule has 0 aromatic carbocycles. The molecule has 1 atom stereocenters. The predicted molar refractivity (Wildman–Crippen MR) is 82.6 cm³/mol. The molecule has 3 nitrogen and oxygen atoms in total. The summed E-state index contributed by atoms with van der Waals surface area (Å²) in [6, 6.07) is 0. The molecule has 1 fully saturated rings. The van der Waals surface area contributed by atoms with Gasteiger partial charge in [0.05, 0.1) is 7.11 Å². The monoisotopic (exact) mass is 287 g/mol. The van der Waals surface area contributed by atoms with E-state index in [9.17, 15) is 4.79 Å². The van der Waals surface area contributed by atoms with Crippen LogP contribution in [0, 0.1) is 5.92 Å². The maximum absolute atomic E-state index is 12.2. The van der Waals surface area contributed by atoms with Crippen molar-refractivity contribution in [3.8, 4) is 0 Å². The van der Waals surface area contributed by atoms with Crippen molar-refractivity contribution >= 4 is 17.7 Å². The summed E-state index contributed by atoms with van der Waals surface area (Å²) >= 11 is 1.90. The Labute approximate surface area is 122 Å². The van der Waals surface area contributed by atoms with Gasteiger partial charge in [-0.25, -0.2) is 0 Å². The molecule has 0 radical (unpaired) electrons. The minimum absolute atomic E-state index is 0.0635. The van der Waals surface area contributed by atoms with Gasteiger partial charge in [-0.2, -0.15) is 11.8 Å². The van der Waals surface area contributed by atoms with Gasteiger partial charge in [-0.1, -0.05) is 26.7 Å². The fraction of sp³-hybridized carbons (Fsp3) is 0.933. The summed E-state index contributed by atoms with van der Waals surface area (Å²) in [5, 5.41) is 3.49. The molecule has 0 aromatic rings. The number of hydrogen-bond acceptors (Lipinski definition) is 4. The van der Waals surface area contributed by atoms with Crippen molar-refractivity contribution in [2.75, 3.05) is 25.2 Å². The number of methoxy groups -OCH3 is 1. The third-order valence-electron chi connectivity index (χ3n) is 3.74. The van der Waals surface area contributed by atoms with Crippen molar-refractivity contribution in [3.05, 3.63) is 0 Å². The number of carbonyl (C=O) groups excluding carboxylic acids is 1. The van der Waals surface area contributed by atoms with E-state index in [2.05, 4.69) is 19.2 Å². The Kier molecular flexibility index (Phi) is 7.84. The van der Waals surface area contributed by atoms with Crippen LogP contribution in [0.15, 0.2) is 0 Å². The third-order valence-corrected chi connectivity index (χ3v) is 4.97. The normalized spacial score (nSPS) is 18.1. The quantitative estimate of drug-likeness (QED) is 0.468. The van der Waals surface area contributed by atoms with Gasteiger partial charge in [0.2, 0.25) is 0 Å². The molecule has 19 heavy (non-hydrogen) atoms. The van der Waals surface area contributed by atoms with Gasteiger partial charge < -0.3 is 10.1 Å². The second-order valence-electron chi connectivity index (χ2n) is 5.42. The molecule has 1 rings (SSSR count). The smallest absolute Gasteiger partial charge is 0.327 e. The second-order valence-corrected chi connectivity index (χ2v) is 6.53. The number of rotatable bonds is 11. The molecule has 1 N–H and O–H groups in total. The lowest BCUT2D eigenvalue weighted by Gasteiger charge is -2.32. The Balaban J connectivity index is 2.53. The molecule has 0 saturated heterocycles. The fourth-order valence-corrected chi connectivity index (χ4v) is 3.73. The maximum atomic E-state index is 12.2. The lowest BCUT2D eigenvalue weighted by Crippen LogP contribution is -2.57. The van der Waals surface area contributed by atoms with E-state index >= 15 is 0 Å². The summed E-state index contributed by atoms with van der Waals surface area (Å²) in [6.07, 6.45) is 7.13. The first-order chi connectivity index (χ1) is 9.21. The first-order valence-corrected chi connectivity index (χ1v) is 8.78. The summed E-state index contributed by atoms with van der Waals surface area (Å²) in [4.78, 5) is 12.2. The van der Waals surface area contributed by atoms with Crippen LogP contribution in [0.5, 0.6) is 0 Å². The molecule has 1 unspecified atom stereocenters. The lowest BCUT2D eigenvalue weighted by molar-refractivity contribution is -0.148. The Morgan fingerprint density at radius 3 is 2.58 bits per heavy atom. The number of unbranched alkanes of at least 4 members (excludes halogenated alkanes) is 2. The zero-order chi connectivity index (χ0) is 14.1. The van der Waals surface area contributed by atoms with Gasteiger partial charge in [-0.05, 0) is 43.9 Å². The highest BCUT2D eigenvalue weighted by atomic mass is 32.2. The standard InChI is InChI=1S/C15H29NO2S/c1-4-6-7-11-19-12-15(13-8-9-13,14(17)18-3)16-10-5-2/h13,16H,4-12H2,1-3H3. The molecule has 0 heterocycles. The van der Waals surface area contributed by atoms with Crippen molar-refractivity contribution in [1.82, 2.24) is 5.32 Å². The van der Waals surface area contributed by atoms with E-state index in [1.165, 1.54) is 26.4 Å². The van der Waals surface area contributed by atoms with E-state index in [1.807, 2.05) is 11.8 Å². The van der Waals surface area contributed by atoms with Gasteiger partial charge >= 0.3 is 5.97 Å². The molecule has 0 aliphatic heterocycles. The van der Waals surface area contributed by atoms with Crippen LogP contribution in [0.2, 0.25) is 0 Å². The average Bonchev–Trinajstić information content (AvgIpc) is 3.26. The highest BCUT2D eigenvalue weighted by Crippen LogP contribution is 2.42. The van der Waals surface area contributed by atoms with Crippen molar-refractivity contribution in [2.45, 2.75) is 57.9 Å². The van der Waals surface area contributed by atoms with Gasteiger partial charge in [0.15, 0.2) is 0 Å². The molecule has 1 saturated carbocycles. The minimum atomic E-state index is -0.429. The van der Waals surface area contributed by atoms with Crippen LogP contribution in [-0.2, 0) is 9.53 Å². The number of nitrogens with one attached hydrogen (secondary N) is 1. The van der Waals surface area contributed by atoms with Crippen LogP contribution < -0.4 is 5.32 Å². The molecule has 0 bridgehead atoms. The molecular formula is C15H29NO2S. The Morgan fingerprint density at radius 1 is 1.32 bits per heavy atom. The van der Waals surface area contributed by atoms with Crippen LogP contribution in [0.4, 0.5) is 0 Å². The van der Waals surface area contributed by atoms with E-state index in [0.29, 0.717) is 5.92 Å². The van der Waals surface area contributed by atoms with Crippen LogP contribution in [0.1, 0.15) is 52.4 Å². The molecule has 1 aliphatic carbocycles. The molecular weight excluding hydrogens is 258 g/mol. The van der Waals surface area contributed by atoms with Crippen LogP contribution in [0.25, 0.3) is 0 Å². The average molecular weight is 287 g/mol. The summed E-state index contributed by atoms with van der Waals surface area (Å²) in [5.74, 6) is 2.41. The van der Waals surface area contributed by atoms with Crippen LogP contribution in [-0.4, -0.2) is 36.7 Å². The third kappa shape index (κ3) is 4.99. The highest BCUT2D eigenvalue weighted by molar-refractivity contribution is 7.99. The largest absolute Gasteiger partial charge is 0.468 e. The number of carbonyl (C=O) groups is 1. The number of thioether (sulfide) groups is 1. The van der Waals surface area contributed by atoms with E-state index in [-0.39, 0.29) is 5.97 Å². The molecule has 0 spiro atoms. The number of esters is 1. The highest BCUT2D eigenvalue weighted by Gasteiger charge is 2.51. The van der Waals surface area contributed by atoms with Gasteiger partial charge in [-0.15, -0.1) is 0 Å². The van der Waals surface area contributed by atoms with Gasteiger partial charge in [0.1, 0.15) is 5.54 Å². The topological polar surface area (TPSA) is 38.3 Å². The Morgan fingerprint density at radius 2 is 2.05 bits per heavy atom. The summed E-state index contributed by atoms with van der Waals surface area (Å²) in [6.45, 7) is 5.24. The fourth-order valence-electron chi connectivity index (χ4n) is 2.40. The van der Waals surface area contributed by atoms with E-state index in [0.717, 1.165) is 37.3 Å². The Hall–Kier alpha value is -0.220. The zero-order valence-electron chi connectivity index (χ0n) is 12.7. The summed E-state index contributed by atoms with van der Waals surface area (Å²) < 4.78 is 5.08. The zero-order valence-corrected chi connectivity index (χ0v) is 13.5. The van der Waals surface area contributed by atoms with E-state index in [1.54, 1.807) is 0 Å². The second kappa shape index (κ2) is 8.85. The van der Waals surface area contributed by atoms with Crippen LogP contribution >= 0.6 is 11.8 Å². The molecule has 0 aromatic heterocycles. The van der Waals surface area contributed by atoms with Crippen molar-refractivity contribution < 1.29 is 9.53 Å². The molecule has 4 heteroatoms. The molecule has 112 valence electrons. The van der Waals surface area contributed by atoms with Crippen molar-refractivity contribution in [3.63, 3.8) is 0 Å². The first kappa shape index (κ1) is 16.8. The van der Waals surface area contributed by atoms with Crippen molar-refractivity contribution in [1.29, 1.82) is 0 Å². The summed E-state index contributed by atoms with van der Waals surface area (Å²) in [5.41, 5.74) is -0.429. The van der Waals surface area contributed by atoms with Crippen molar-refractivity contribution in [2.24, 2.45) is 5.92 Å². The lowest BCUT2D eigenvalue weighted by atomic mass is 9.95. The van der Waals surface area contributed by atoms with Gasteiger partial charge in [-0.3, -0.25) is 4.79 Å². The predicted octanol–water partition coefficient (Wildman–Crippen LogP) is 3.23.